The van der Waals surface area contributed by atoms with Crippen LogP contribution in [0.3, 0.4) is 0 Å². The second kappa shape index (κ2) is 9.91. The van der Waals surface area contributed by atoms with Gasteiger partial charge in [0.1, 0.15) is 12.4 Å². The molecule has 2 aromatic heterocycles. The first kappa shape index (κ1) is 23.7. The van der Waals surface area contributed by atoms with Crippen LogP contribution in [0.25, 0.3) is 5.69 Å². The summed E-state index contributed by atoms with van der Waals surface area (Å²) >= 11 is 5.72. The molecule has 1 fully saturated rings. The van der Waals surface area contributed by atoms with E-state index in [1.54, 1.807) is 12.3 Å². The van der Waals surface area contributed by atoms with E-state index < -0.39 is 0 Å². The van der Waals surface area contributed by atoms with E-state index >= 15 is 0 Å². The predicted molar refractivity (Wildman–Crippen MR) is 142 cm³/mol. The van der Waals surface area contributed by atoms with Crippen LogP contribution in [-0.2, 0) is 4.79 Å². The summed E-state index contributed by atoms with van der Waals surface area (Å²) in [7, 11) is 0. The topological polar surface area (TPSA) is 62.2 Å². The molecule has 0 saturated carbocycles. The number of para-hydroxylation sites is 1. The number of nitrogens with zero attached hydrogens (tertiary/aromatic N) is 3. The zero-order chi connectivity index (χ0) is 25.2. The van der Waals surface area contributed by atoms with Crippen molar-refractivity contribution in [3.8, 4) is 5.69 Å². The van der Waals surface area contributed by atoms with Crippen molar-refractivity contribution >= 4 is 28.9 Å². The number of hydrogen-bond donors (Lipinski definition) is 2. The molecule has 0 aliphatic carbocycles. The van der Waals surface area contributed by atoms with Crippen LogP contribution in [0.1, 0.15) is 34.7 Å². The molecule has 0 unspecified atom stereocenters. The van der Waals surface area contributed by atoms with Gasteiger partial charge in [-0.3, -0.25) is 9.78 Å². The Balaban J connectivity index is 1.54. The van der Waals surface area contributed by atoms with Crippen molar-refractivity contribution in [3.05, 3.63) is 114 Å². The summed E-state index contributed by atoms with van der Waals surface area (Å²) in [6, 6.07) is 23.2. The maximum Gasteiger partial charge on any atom is 0.244 e. The molecule has 182 valence electrons. The highest BCUT2D eigenvalue weighted by Crippen LogP contribution is 2.41. The maximum absolute atomic E-state index is 14.0. The highest BCUT2D eigenvalue weighted by Gasteiger charge is 2.42. The van der Waals surface area contributed by atoms with Gasteiger partial charge in [-0.15, -0.1) is 0 Å². The van der Waals surface area contributed by atoms with Crippen molar-refractivity contribution in [1.29, 1.82) is 0 Å². The molecule has 0 radical (unpaired) electrons. The van der Waals surface area contributed by atoms with Crippen LogP contribution >= 0.6 is 12.2 Å². The summed E-state index contributed by atoms with van der Waals surface area (Å²) in [5, 5.41) is 6.82. The van der Waals surface area contributed by atoms with Crippen molar-refractivity contribution in [2.75, 3.05) is 11.9 Å². The molecule has 1 saturated heterocycles. The Kier molecular flexibility index (Phi) is 6.52. The van der Waals surface area contributed by atoms with Crippen molar-refractivity contribution in [2.45, 2.75) is 25.9 Å². The Bertz CT molecular complexity index is 1410. The lowest BCUT2D eigenvalue weighted by molar-refractivity contribution is -0.116. The fourth-order valence-corrected chi connectivity index (χ4v) is 5.20. The van der Waals surface area contributed by atoms with Gasteiger partial charge >= 0.3 is 0 Å². The van der Waals surface area contributed by atoms with Crippen LogP contribution in [0.15, 0.2) is 85.1 Å². The Morgan fingerprint density at radius 2 is 1.83 bits per heavy atom. The van der Waals surface area contributed by atoms with Crippen LogP contribution in [0.2, 0.25) is 0 Å². The number of rotatable bonds is 6. The quantitative estimate of drug-likeness (QED) is 0.355. The summed E-state index contributed by atoms with van der Waals surface area (Å²) in [6.07, 6.45) is 1.75. The van der Waals surface area contributed by atoms with Gasteiger partial charge in [-0.1, -0.05) is 30.3 Å². The number of hydrogen-bond acceptors (Lipinski definition) is 3. The summed E-state index contributed by atoms with van der Waals surface area (Å²) < 4.78 is 16.1. The Hall–Kier alpha value is -4.04. The SMILES string of the molecule is Cc1cc([C@@H]2[C@H](c3ccccn3)NC(=S)N2CC(=O)Nc2ccccc2)c(C)n1-c1cccc(F)c1. The number of pyridine rings is 1. The number of thiocarbonyl (C=S) groups is 1. The second-order valence-corrected chi connectivity index (χ2v) is 9.20. The minimum absolute atomic E-state index is 0.0678. The van der Waals surface area contributed by atoms with Crippen molar-refractivity contribution < 1.29 is 9.18 Å². The van der Waals surface area contributed by atoms with Gasteiger partial charge in [0.05, 0.1) is 17.8 Å². The molecule has 0 bridgehead atoms. The predicted octanol–water partition coefficient (Wildman–Crippen LogP) is 5.24. The van der Waals surface area contributed by atoms with Crippen LogP contribution in [-0.4, -0.2) is 32.0 Å². The Labute approximate surface area is 214 Å². The highest BCUT2D eigenvalue weighted by molar-refractivity contribution is 7.80. The lowest BCUT2D eigenvalue weighted by atomic mass is 9.96. The number of aromatic nitrogens is 2. The number of nitrogens with one attached hydrogen (secondary N) is 2. The van der Waals surface area contributed by atoms with Gasteiger partial charge in [-0.05, 0) is 80.2 Å². The summed E-state index contributed by atoms with van der Waals surface area (Å²) in [5.74, 6) is -0.466. The first-order chi connectivity index (χ1) is 17.4. The number of carbonyl (C=O) groups is 1. The summed E-state index contributed by atoms with van der Waals surface area (Å²) in [6.45, 7) is 4.06. The average Bonchev–Trinajstić information content (AvgIpc) is 3.35. The highest BCUT2D eigenvalue weighted by atomic mass is 32.1. The molecular weight excluding hydrogens is 473 g/mol. The third-order valence-corrected chi connectivity index (χ3v) is 6.78. The Morgan fingerprint density at radius 3 is 2.56 bits per heavy atom. The monoisotopic (exact) mass is 499 g/mol. The number of aryl methyl sites for hydroxylation is 1. The molecule has 8 heteroatoms. The minimum atomic E-state index is -0.296. The van der Waals surface area contributed by atoms with E-state index in [9.17, 15) is 9.18 Å². The normalized spacial score (nSPS) is 17.2. The summed E-state index contributed by atoms with van der Waals surface area (Å²) in [4.78, 5) is 19.5. The van der Waals surface area contributed by atoms with Crippen LogP contribution in [0.4, 0.5) is 10.1 Å². The average molecular weight is 500 g/mol. The zero-order valence-electron chi connectivity index (χ0n) is 20.0. The number of amides is 1. The molecule has 3 heterocycles. The van der Waals surface area contributed by atoms with Crippen LogP contribution in [0.5, 0.6) is 0 Å². The van der Waals surface area contributed by atoms with Gasteiger partial charge in [0, 0.05) is 29.0 Å². The van der Waals surface area contributed by atoms with E-state index in [4.69, 9.17) is 12.2 Å². The zero-order valence-corrected chi connectivity index (χ0v) is 20.8. The molecule has 6 nitrogen and oxygen atoms in total. The van der Waals surface area contributed by atoms with E-state index in [2.05, 4.69) is 21.7 Å². The molecule has 1 aliphatic rings. The molecule has 2 aromatic carbocycles. The lowest BCUT2D eigenvalue weighted by Gasteiger charge is -2.27. The lowest BCUT2D eigenvalue weighted by Crippen LogP contribution is -2.37. The molecule has 4 aromatic rings. The maximum atomic E-state index is 14.0. The standard InChI is InChI=1S/C28H26FN5OS/c1-18-15-23(19(2)34(18)22-12-8-9-20(29)16-22)27-26(24-13-6-7-14-30-24)32-28(36)33(27)17-25(35)31-21-10-4-3-5-11-21/h3-16,26-27H,17H2,1-2H3,(H,31,35)(H,32,36)/t26-,27+/m0/s1. The Morgan fingerprint density at radius 1 is 1.06 bits per heavy atom. The largest absolute Gasteiger partial charge is 0.352 e. The van der Waals surface area contributed by atoms with Gasteiger partial charge in [0.15, 0.2) is 5.11 Å². The van der Waals surface area contributed by atoms with E-state index in [0.29, 0.717) is 5.11 Å². The fraction of sp³-hybridized carbons (Fsp3) is 0.179. The third-order valence-electron chi connectivity index (χ3n) is 6.42. The van der Waals surface area contributed by atoms with Gasteiger partial charge in [0.2, 0.25) is 5.91 Å². The van der Waals surface area contributed by atoms with Gasteiger partial charge in [-0.2, -0.15) is 0 Å². The van der Waals surface area contributed by atoms with Crippen LogP contribution in [0, 0.1) is 19.7 Å². The number of carbonyl (C=O) groups excluding carboxylic acids is 1. The van der Waals surface area contributed by atoms with E-state index in [0.717, 1.165) is 34.0 Å². The second-order valence-electron chi connectivity index (χ2n) is 8.81. The van der Waals surface area contributed by atoms with E-state index in [1.165, 1.54) is 12.1 Å². The summed E-state index contributed by atoms with van der Waals surface area (Å²) in [5.41, 5.74) is 5.19. The molecule has 2 atom stereocenters. The van der Waals surface area contributed by atoms with Gasteiger partial charge in [0.25, 0.3) is 0 Å². The molecule has 1 aliphatic heterocycles. The number of halogens is 1. The van der Waals surface area contributed by atoms with E-state index in [-0.39, 0.29) is 30.4 Å². The number of benzene rings is 2. The molecule has 2 N–H and O–H groups in total. The smallest absolute Gasteiger partial charge is 0.244 e. The first-order valence-corrected chi connectivity index (χ1v) is 12.1. The molecular formula is C28H26FN5OS. The van der Waals surface area contributed by atoms with Crippen LogP contribution < -0.4 is 10.6 Å². The first-order valence-electron chi connectivity index (χ1n) is 11.7. The van der Waals surface area contributed by atoms with Gasteiger partial charge in [-0.25, -0.2) is 4.39 Å². The molecule has 1 amide bonds. The van der Waals surface area contributed by atoms with Gasteiger partial charge < -0.3 is 20.1 Å². The van der Waals surface area contributed by atoms with Crippen molar-refractivity contribution in [2.24, 2.45) is 0 Å². The van der Waals surface area contributed by atoms with E-state index in [1.807, 2.05) is 77.9 Å². The molecule has 5 rings (SSSR count). The molecule has 36 heavy (non-hydrogen) atoms. The van der Waals surface area contributed by atoms with Crippen molar-refractivity contribution in [1.82, 2.24) is 19.8 Å². The third kappa shape index (κ3) is 4.59. The molecule has 0 spiro atoms. The van der Waals surface area contributed by atoms with Crippen molar-refractivity contribution in [3.63, 3.8) is 0 Å². The minimum Gasteiger partial charge on any atom is -0.352 e. The number of anilines is 1. The fourth-order valence-electron chi connectivity index (χ4n) is 4.89.